The maximum atomic E-state index is 12.8. The molecule has 1 atom stereocenters. The molecule has 3 aromatic carbocycles. The first-order valence-corrected chi connectivity index (χ1v) is 12.9. The Morgan fingerprint density at radius 3 is 2.59 bits per heavy atom. The number of rotatable bonds is 8. The van der Waals surface area contributed by atoms with Crippen LogP contribution in [0.2, 0.25) is 0 Å². The Kier molecular flexibility index (Phi) is 7.63. The minimum absolute atomic E-state index is 0.131. The molecule has 176 valence electrons. The number of nitrogens with zero attached hydrogens (tertiary/aromatic N) is 1. The van der Waals surface area contributed by atoms with Crippen molar-refractivity contribution in [2.75, 3.05) is 6.61 Å². The standard InChI is InChI=1S/C27H26BrNO4S/c1-4-17(3)29-26(30)24(34-27(29)31)15-18-13-22(28)25(23(14-18)32-5-2)33-16-20-11-8-10-19-9-6-7-12-21(19)20/h6-15,17H,4-5,16H2,1-3H3/b24-15+/t17-/m1/s1. The number of benzene rings is 3. The van der Waals surface area contributed by atoms with Gasteiger partial charge in [0.25, 0.3) is 11.1 Å². The van der Waals surface area contributed by atoms with Crippen LogP contribution in [0.4, 0.5) is 4.79 Å². The predicted octanol–water partition coefficient (Wildman–Crippen LogP) is 7.41. The Hall–Kier alpha value is -2.77. The van der Waals surface area contributed by atoms with Crippen LogP contribution >= 0.6 is 27.7 Å². The van der Waals surface area contributed by atoms with Gasteiger partial charge in [0.15, 0.2) is 11.5 Å². The molecule has 1 aliphatic rings. The van der Waals surface area contributed by atoms with E-state index in [-0.39, 0.29) is 17.2 Å². The third kappa shape index (κ3) is 5.00. The normalized spacial score (nSPS) is 15.9. The predicted molar refractivity (Wildman–Crippen MR) is 141 cm³/mol. The highest BCUT2D eigenvalue weighted by molar-refractivity contribution is 9.10. The lowest BCUT2D eigenvalue weighted by molar-refractivity contribution is -0.124. The molecule has 0 radical (unpaired) electrons. The van der Waals surface area contributed by atoms with Crippen molar-refractivity contribution in [1.29, 1.82) is 0 Å². The molecule has 1 saturated heterocycles. The van der Waals surface area contributed by atoms with Crippen LogP contribution < -0.4 is 9.47 Å². The summed E-state index contributed by atoms with van der Waals surface area (Å²) in [5, 5.41) is 2.08. The number of ether oxygens (including phenoxy) is 2. The van der Waals surface area contributed by atoms with Crippen molar-refractivity contribution in [2.45, 2.75) is 39.8 Å². The lowest BCUT2D eigenvalue weighted by atomic mass is 10.1. The monoisotopic (exact) mass is 539 g/mol. The first kappa shape index (κ1) is 24.4. The maximum Gasteiger partial charge on any atom is 0.293 e. The summed E-state index contributed by atoms with van der Waals surface area (Å²) in [6.07, 6.45) is 2.45. The molecule has 3 aromatic rings. The molecule has 1 fully saturated rings. The number of hydrogen-bond donors (Lipinski definition) is 0. The number of thioether (sulfide) groups is 1. The van der Waals surface area contributed by atoms with Crippen molar-refractivity contribution in [1.82, 2.24) is 4.90 Å². The third-order valence-corrected chi connectivity index (χ3v) is 7.21. The van der Waals surface area contributed by atoms with Gasteiger partial charge >= 0.3 is 0 Å². The second kappa shape index (κ2) is 10.7. The molecule has 34 heavy (non-hydrogen) atoms. The van der Waals surface area contributed by atoms with Gasteiger partial charge in [-0.1, -0.05) is 49.4 Å². The van der Waals surface area contributed by atoms with Gasteiger partial charge in [0.2, 0.25) is 0 Å². The molecular weight excluding hydrogens is 514 g/mol. The van der Waals surface area contributed by atoms with E-state index < -0.39 is 0 Å². The van der Waals surface area contributed by atoms with Gasteiger partial charge in [-0.3, -0.25) is 14.5 Å². The van der Waals surface area contributed by atoms with Crippen LogP contribution in [-0.2, 0) is 11.4 Å². The van der Waals surface area contributed by atoms with Crippen LogP contribution in [0.3, 0.4) is 0 Å². The summed E-state index contributed by atoms with van der Waals surface area (Å²) in [6.45, 7) is 6.59. The minimum atomic E-state index is -0.255. The molecule has 0 aromatic heterocycles. The molecule has 2 amide bonds. The molecule has 0 saturated carbocycles. The van der Waals surface area contributed by atoms with E-state index in [1.54, 1.807) is 6.08 Å². The van der Waals surface area contributed by atoms with Gasteiger partial charge in [0, 0.05) is 6.04 Å². The lowest BCUT2D eigenvalue weighted by Gasteiger charge is -2.19. The topological polar surface area (TPSA) is 55.8 Å². The quantitative estimate of drug-likeness (QED) is 0.279. The molecule has 0 bridgehead atoms. The number of imide groups is 1. The summed E-state index contributed by atoms with van der Waals surface area (Å²) in [5.74, 6) is 0.916. The highest BCUT2D eigenvalue weighted by Crippen LogP contribution is 2.40. The number of hydrogen-bond acceptors (Lipinski definition) is 5. The van der Waals surface area contributed by atoms with Crippen LogP contribution in [0.25, 0.3) is 16.8 Å². The van der Waals surface area contributed by atoms with Crippen molar-refractivity contribution in [3.63, 3.8) is 0 Å². The van der Waals surface area contributed by atoms with Gasteiger partial charge in [0.05, 0.1) is 16.0 Å². The maximum absolute atomic E-state index is 12.8. The molecular formula is C27H26BrNO4S. The van der Waals surface area contributed by atoms with E-state index in [0.29, 0.717) is 40.5 Å². The summed E-state index contributed by atoms with van der Waals surface area (Å²) in [7, 11) is 0. The molecule has 0 unspecified atom stereocenters. The van der Waals surface area contributed by atoms with Gasteiger partial charge in [-0.05, 0) is 88.1 Å². The molecule has 0 aliphatic carbocycles. The fourth-order valence-corrected chi connectivity index (χ4v) is 5.34. The van der Waals surface area contributed by atoms with E-state index in [1.807, 2.05) is 51.1 Å². The van der Waals surface area contributed by atoms with E-state index in [9.17, 15) is 9.59 Å². The van der Waals surface area contributed by atoms with Crippen molar-refractivity contribution >= 4 is 55.7 Å². The van der Waals surface area contributed by atoms with Crippen molar-refractivity contribution in [2.24, 2.45) is 0 Å². The van der Waals surface area contributed by atoms with Crippen LogP contribution in [0.1, 0.15) is 38.3 Å². The van der Waals surface area contributed by atoms with Gasteiger partial charge < -0.3 is 9.47 Å². The summed E-state index contributed by atoms with van der Waals surface area (Å²) >= 11 is 4.58. The zero-order chi connectivity index (χ0) is 24.2. The Balaban J connectivity index is 1.62. The van der Waals surface area contributed by atoms with E-state index >= 15 is 0 Å². The Labute approximate surface area is 212 Å². The van der Waals surface area contributed by atoms with Crippen molar-refractivity contribution < 1.29 is 19.1 Å². The lowest BCUT2D eigenvalue weighted by Crippen LogP contribution is -2.36. The van der Waals surface area contributed by atoms with Crippen molar-refractivity contribution in [3.05, 3.63) is 75.1 Å². The molecule has 0 N–H and O–H groups in total. The van der Waals surface area contributed by atoms with Gasteiger partial charge in [-0.25, -0.2) is 0 Å². The molecule has 1 aliphatic heterocycles. The Morgan fingerprint density at radius 2 is 1.82 bits per heavy atom. The first-order valence-electron chi connectivity index (χ1n) is 11.3. The highest BCUT2D eigenvalue weighted by Gasteiger charge is 2.37. The second-order valence-electron chi connectivity index (χ2n) is 8.00. The molecule has 5 nitrogen and oxygen atoms in total. The van der Waals surface area contributed by atoms with E-state index in [2.05, 4.69) is 40.2 Å². The minimum Gasteiger partial charge on any atom is -0.490 e. The van der Waals surface area contributed by atoms with Gasteiger partial charge in [-0.2, -0.15) is 0 Å². The van der Waals surface area contributed by atoms with Crippen LogP contribution in [0.5, 0.6) is 11.5 Å². The number of amides is 2. The van der Waals surface area contributed by atoms with Crippen LogP contribution in [-0.4, -0.2) is 28.7 Å². The first-order chi connectivity index (χ1) is 16.4. The van der Waals surface area contributed by atoms with Crippen LogP contribution in [0.15, 0.2) is 64.0 Å². The second-order valence-corrected chi connectivity index (χ2v) is 9.85. The van der Waals surface area contributed by atoms with Crippen molar-refractivity contribution in [3.8, 4) is 11.5 Å². The SMILES string of the molecule is CCOc1cc(/C=C2/SC(=O)N([C@H](C)CC)C2=O)cc(Br)c1OCc1cccc2ccccc12. The third-order valence-electron chi connectivity index (χ3n) is 5.74. The summed E-state index contributed by atoms with van der Waals surface area (Å²) in [5.41, 5.74) is 1.83. The number of fused-ring (bicyclic) bond motifs is 1. The fraction of sp³-hybridized carbons (Fsp3) is 0.259. The van der Waals surface area contributed by atoms with E-state index in [0.717, 1.165) is 33.7 Å². The average molecular weight is 540 g/mol. The van der Waals surface area contributed by atoms with Gasteiger partial charge in [0.1, 0.15) is 6.61 Å². The Bertz CT molecular complexity index is 1270. The fourth-order valence-electron chi connectivity index (χ4n) is 3.84. The highest BCUT2D eigenvalue weighted by atomic mass is 79.9. The average Bonchev–Trinajstić information content (AvgIpc) is 3.10. The smallest absolute Gasteiger partial charge is 0.293 e. The summed E-state index contributed by atoms with van der Waals surface area (Å²) in [4.78, 5) is 26.9. The van der Waals surface area contributed by atoms with E-state index in [4.69, 9.17) is 9.47 Å². The summed E-state index contributed by atoms with van der Waals surface area (Å²) in [6, 6.07) is 17.9. The van der Waals surface area contributed by atoms with Gasteiger partial charge in [-0.15, -0.1) is 0 Å². The largest absolute Gasteiger partial charge is 0.490 e. The Morgan fingerprint density at radius 1 is 1.06 bits per heavy atom. The zero-order valence-corrected chi connectivity index (χ0v) is 21.7. The molecule has 0 spiro atoms. The zero-order valence-electron chi connectivity index (χ0n) is 19.3. The number of carbonyl (C=O) groups is 2. The molecule has 1 heterocycles. The number of carbonyl (C=O) groups excluding carboxylic acids is 2. The summed E-state index contributed by atoms with van der Waals surface area (Å²) < 4.78 is 12.8. The van der Waals surface area contributed by atoms with E-state index in [1.165, 1.54) is 4.90 Å². The molecule has 4 rings (SSSR count). The number of halogens is 1. The van der Waals surface area contributed by atoms with Crippen LogP contribution in [0, 0.1) is 0 Å². The molecule has 7 heteroatoms.